The fourth-order valence-electron chi connectivity index (χ4n) is 2.45. The van der Waals surface area contributed by atoms with Gasteiger partial charge in [0.15, 0.2) is 0 Å². The lowest BCUT2D eigenvalue weighted by Gasteiger charge is -2.18. The normalized spacial score (nSPS) is 10.7. The quantitative estimate of drug-likeness (QED) is 0.781. The predicted molar refractivity (Wildman–Crippen MR) is 93.8 cm³/mol. The van der Waals surface area contributed by atoms with E-state index in [1.807, 2.05) is 57.4 Å². The van der Waals surface area contributed by atoms with Gasteiger partial charge >= 0.3 is 0 Å². The highest BCUT2D eigenvalue weighted by Crippen LogP contribution is 2.43. The first kappa shape index (κ1) is 17.2. The summed E-state index contributed by atoms with van der Waals surface area (Å²) in [6.45, 7) is 3.51. The molecule has 4 heteroatoms. The summed E-state index contributed by atoms with van der Waals surface area (Å²) >= 11 is 0. The van der Waals surface area contributed by atoms with E-state index >= 15 is 0 Å². The molecular formula is C19H25NO3. The maximum Gasteiger partial charge on any atom is 0.130 e. The average molecular weight is 315 g/mol. The van der Waals surface area contributed by atoms with E-state index in [-0.39, 0.29) is 0 Å². The maximum atomic E-state index is 5.98. The standard InChI is InChI=1S/C19H25NO3/c1-14-12-17(21-4)19(18(13-14)22-5)15-8-6-7-9-16(15)23-11-10-20(2)3/h6-9,12-13H,10-11H2,1-5H3. The Morgan fingerprint density at radius 2 is 1.52 bits per heavy atom. The molecule has 124 valence electrons. The van der Waals surface area contributed by atoms with Gasteiger partial charge in [0, 0.05) is 12.1 Å². The van der Waals surface area contributed by atoms with Gasteiger partial charge in [0.1, 0.15) is 23.9 Å². The molecule has 0 fully saturated rings. The molecule has 0 spiro atoms. The van der Waals surface area contributed by atoms with E-state index in [4.69, 9.17) is 14.2 Å². The Labute approximate surface area is 138 Å². The highest BCUT2D eigenvalue weighted by Gasteiger charge is 2.17. The van der Waals surface area contributed by atoms with E-state index in [1.165, 1.54) is 0 Å². The van der Waals surface area contributed by atoms with Crippen molar-refractivity contribution < 1.29 is 14.2 Å². The van der Waals surface area contributed by atoms with Gasteiger partial charge in [-0.1, -0.05) is 18.2 Å². The van der Waals surface area contributed by atoms with Gasteiger partial charge < -0.3 is 19.1 Å². The van der Waals surface area contributed by atoms with E-state index in [0.717, 1.165) is 40.5 Å². The molecule has 0 bridgehead atoms. The van der Waals surface area contributed by atoms with Crippen molar-refractivity contribution >= 4 is 0 Å². The summed E-state index contributed by atoms with van der Waals surface area (Å²) < 4.78 is 17.1. The Hall–Kier alpha value is -2.20. The number of ether oxygens (including phenoxy) is 3. The molecule has 0 aliphatic carbocycles. The highest BCUT2D eigenvalue weighted by atomic mass is 16.5. The molecule has 0 aliphatic rings. The lowest BCUT2D eigenvalue weighted by atomic mass is 10.0. The molecule has 2 aromatic carbocycles. The first-order valence-electron chi connectivity index (χ1n) is 7.66. The number of methoxy groups -OCH3 is 2. The lowest BCUT2D eigenvalue weighted by Crippen LogP contribution is -2.19. The Morgan fingerprint density at radius 1 is 0.913 bits per heavy atom. The molecule has 2 rings (SSSR count). The molecule has 0 saturated heterocycles. The van der Waals surface area contributed by atoms with Gasteiger partial charge in [-0.05, 0) is 44.8 Å². The van der Waals surface area contributed by atoms with E-state index in [2.05, 4.69) is 4.90 Å². The molecule has 0 N–H and O–H groups in total. The summed E-state index contributed by atoms with van der Waals surface area (Å²) in [4.78, 5) is 2.09. The van der Waals surface area contributed by atoms with Crippen LogP contribution in [0.1, 0.15) is 5.56 Å². The highest BCUT2D eigenvalue weighted by molar-refractivity contribution is 5.81. The number of aryl methyl sites for hydroxylation is 1. The SMILES string of the molecule is COc1cc(C)cc(OC)c1-c1ccccc1OCCN(C)C. The van der Waals surface area contributed by atoms with Crippen molar-refractivity contribution in [2.45, 2.75) is 6.92 Å². The largest absolute Gasteiger partial charge is 0.496 e. The minimum absolute atomic E-state index is 0.626. The molecule has 0 aliphatic heterocycles. The second kappa shape index (κ2) is 7.88. The lowest BCUT2D eigenvalue weighted by molar-refractivity contribution is 0.262. The zero-order chi connectivity index (χ0) is 16.8. The molecule has 0 atom stereocenters. The average Bonchev–Trinajstić information content (AvgIpc) is 2.54. The molecule has 0 amide bonds. The van der Waals surface area contributed by atoms with E-state index in [1.54, 1.807) is 14.2 Å². The maximum absolute atomic E-state index is 5.98. The van der Waals surface area contributed by atoms with Crippen molar-refractivity contribution in [3.63, 3.8) is 0 Å². The van der Waals surface area contributed by atoms with Gasteiger partial charge in [-0.3, -0.25) is 0 Å². The van der Waals surface area contributed by atoms with Gasteiger partial charge in [0.2, 0.25) is 0 Å². The smallest absolute Gasteiger partial charge is 0.130 e. The van der Waals surface area contributed by atoms with Crippen LogP contribution in [0.25, 0.3) is 11.1 Å². The fourth-order valence-corrected chi connectivity index (χ4v) is 2.45. The zero-order valence-corrected chi connectivity index (χ0v) is 14.6. The van der Waals surface area contributed by atoms with Crippen LogP contribution in [0, 0.1) is 6.92 Å². The Bertz CT molecular complexity index is 628. The van der Waals surface area contributed by atoms with Crippen LogP contribution >= 0.6 is 0 Å². The van der Waals surface area contributed by atoms with Crippen molar-refractivity contribution in [2.24, 2.45) is 0 Å². The van der Waals surface area contributed by atoms with Crippen LogP contribution in [0.4, 0.5) is 0 Å². The Balaban J connectivity index is 2.46. The molecule has 23 heavy (non-hydrogen) atoms. The third-order valence-electron chi connectivity index (χ3n) is 3.60. The first-order valence-corrected chi connectivity index (χ1v) is 7.66. The third-order valence-corrected chi connectivity index (χ3v) is 3.60. The van der Waals surface area contributed by atoms with E-state index < -0.39 is 0 Å². The van der Waals surface area contributed by atoms with Crippen molar-refractivity contribution in [1.29, 1.82) is 0 Å². The summed E-state index contributed by atoms with van der Waals surface area (Å²) in [5.74, 6) is 2.39. The number of para-hydroxylation sites is 1. The summed E-state index contributed by atoms with van der Waals surface area (Å²) in [6.07, 6.45) is 0. The third kappa shape index (κ3) is 4.17. The number of hydrogen-bond acceptors (Lipinski definition) is 4. The van der Waals surface area contributed by atoms with Gasteiger partial charge in [0.05, 0.1) is 19.8 Å². The monoisotopic (exact) mass is 315 g/mol. The summed E-state index contributed by atoms with van der Waals surface area (Å²) in [7, 11) is 7.41. The topological polar surface area (TPSA) is 30.9 Å². The van der Waals surface area contributed by atoms with Gasteiger partial charge in [-0.2, -0.15) is 0 Å². The van der Waals surface area contributed by atoms with Gasteiger partial charge in [0.25, 0.3) is 0 Å². The first-order chi connectivity index (χ1) is 11.1. The number of likely N-dealkylation sites (N-methyl/N-ethyl adjacent to an activating group) is 1. The van der Waals surface area contributed by atoms with Crippen molar-refractivity contribution in [1.82, 2.24) is 4.90 Å². The second-order valence-electron chi connectivity index (χ2n) is 5.69. The molecule has 0 aromatic heterocycles. The van der Waals surface area contributed by atoms with Crippen molar-refractivity contribution in [3.8, 4) is 28.4 Å². The number of benzene rings is 2. The minimum atomic E-state index is 0.626. The fraction of sp³-hybridized carbons (Fsp3) is 0.368. The molecule has 0 unspecified atom stereocenters. The van der Waals surface area contributed by atoms with Crippen LogP contribution in [-0.4, -0.2) is 46.4 Å². The Morgan fingerprint density at radius 3 is 2.09 bits per heavy atom. The molecule has 4 nitrogen and oxygen atoms in total. The van der Waals surface area contributed by atoms with Gasteiger partial charge in [-0.25, -0.2) is 0 Å². The van der Waals surface area contributed by atoms with E-state index in [9.17, 15) is 0 Å². The summed E-state index contributed by atoms with van der Waals surface area (Å²) in [6, 6.07) is 12.0. The van der Waals surface area contributed by atoms with Gasteiger partial charge in [-0.15, -0.1) is 0 Å². The second-order valence-corrected chi connectivity index (χ2v) is 5.69. The zero-order valence-electron chi connectivity index (χ0n) is 14.6. The predicted octanol–water partition coefficient (Wildman–Crippen LogP) is 3.62. The summed E-state index contributed by atoms with van der Waals surface area (Å²) in [5.41, 5.74) is 2.98. The molecular weight excluding hydrogens is 290 g/mol. The number of rotatable bonds is 7. The minimum Gasteiger partial charge on any atom is -0.496 e. The number of nitrogens with zero attached hydrogens (tertiary/aromatic N) is 1. The van der Waals surface area contributed by atoms with Crippen LogP contribution in [0.5, 0.6) is 17.2 Å². The molecule has 0 saturated carbocycles. The number of hydrogen-bond donors (Lipinski definition) is 0. The van der Waals surface area contributed by atoms with Crippen LogP contribution in [0.2, 0.25) is 0 Å². The van der Waals surface area contributed by atoms with Crippen LogP contribution in [-0.2, 0) is 0 Å². The molecule has 2 aromatic rings. The Kier molecular flexibility index (Phi) is 5.88. The van der Waals surface area contributed by atoms with Crippen molar-refractivity contribution in [2.75, 3.05) is 41.5 Å². The van der Waals surface area contributed by atoms with Crippen LogP contribution in [0.3, 0.4) is 0 Å². The van der Waals surface area contributed by atoms with Crippen LogP contribution in [0.15, 0.2) is 36.4 Å². The van der Waals surface area contributed by atoms with Crippen molar-refractivity contribution in [3.05, 3.63) is 42.0 Å². The van der Waals surface area contributed by atoms with E-state index in [0.29, 0.717) is 6.61 Å². The molecule has 0 heterocycles. The summed E-state index contributed by atoms with van der Waals surface area (Å²) in [5, 5.41) is 0. The molecule has 0 radical (unpaired) electrons. The van der Waals surface area contributed by atoms with Crippen LogP contribution < -0.4 is 14.2 Å².